The Balaban J connectivity index is 1.44. The summed E-state index contributed by atoms with van der Waals surface area (Å²) in [5, 5.41) is 6.95. The Labute approximate surface area is 181 Å². The third kappa shape index (κ3) is 4.68. The van der Waals surface area contributed by atoms with Gasteiger partial charge in [0.05, 0.1) is 22.8 Å². The molecule has 2 unspecified atom stereocenters. The summed E-state index contributed by atoms with van der Waals surface area (Å²) in [5.74, 6) is -0.279. The van der Waals surface area contributed by atoms with Gasteiger partial charge in [-0.15, -0.1) is 0 Å². The smallest absolute Gasteiger partial charge is 0.255 e. The van der Waals surface area contributed by atoms with Crippen LogP contribution in [0, 0.1) is 0 Å². The molecule has 0 aliphatic carbocycles. The molecule has 1 amide bonds. The molecule has 31 heavy (non-hydrogen) atoms. The summed E-state index contributed by atoms with van der Waals surface area (Å²) < 4.78 is 34.6. The molecule has 0 saturated carbocycles. The molecular weight excluding hydrogens is 416 g/mol. The van der Waals surface area contributed by atoms with Crippen molar-refractivity contribution in [3.05, 3.63) is 72.6 Å². The van der Waals surface area contributed by atoms with Gasteiger partial charge in [0.15, 0.2) is 0 Å². The number of nitrogens with zero attached hydrogens (tertiary/aromatic N) is 3. The largest absolute Gasteiger partial charge is 0.373 e. The SMILES string of the molecule is CC1CN(S(=O)(=O)c2ccc(NC(=O)c3ccc(-n4cccn4)cc3)cc2)CC(C)O1. The lowest BCUT2D eigenvalue weighted by Gasteiger charge is -2.34. The summed E-state index contributed by atoms with van der Waals surface area (Å²) in [5.41, 5.74) is 1.86. The molecule has 1 aliphatic heterocycles. The maximum Gasteiger partial charge on any atom is 0.255 e. The molecule has 1 saturated heterocycles. The highest BCUT2D eigenvalue weighted by atomic mass is 32.2. The number of morpholine rings is 1. The van der Waals surface area contributed by atoms with E-state index < -0.39 is 10.0 Å². The lowest BCUT2D eigenvalue weighted by Crippen LogP contribution is -2.48. The molecule has 1 fully saturated rings. The second kappa shape index (κ2) is 8.62. The number of rotatable bonds is 5. The maximum atomic E-state index is 12.9. The molecule has 8 nitrogen and oxygen atoms in total. The highest BCUT2D eigenvalue weighted by molar-refractivity contribution is 7.89. The van der Waals surface area contributed by atoms with Gasteiger partial charge in [0, 0.05) is 36.7 Å². The molecule has 0 bridgehead atoms. The molecule has 4 rings (SSSR count). The average Bonchev–Trinajstić information content (AvgIpc) is 3.28. The van der Waals surface area contributed by atoms with E-state index in [9.17, 15) is 13.2 Å². The van der Waals surface area contributed by atoms with Crippen molar-refractivity contribution < 1.29 is 17.9 Å². The predicted octanol–water partition coefficient (Wildman–Crippen LogP) is 2.92. The number of carbonyl (C=O) groups is 1. The fraction of sp³-hybridized carbons (Fsp3) is 0.273. The Morgan fingerprint density at radius 3 is 2.26 bits per heavy atom. The summed E-state index contributed by atoms with van der Waals surface area (Å²) in [6.45, 7) is 4.36. The van der Waals surface area contributed by atoms with Gasteiger partial charge in [0.1, 0.15) is 0 Å². The second-order valence-corrected chi connectivity index (χ2v) is 9.49. The van der Waals surface area contributed by atoms with Crippen molar-refractivity contribution in [1.82, 2.24) is 14.1 Å². The van der Waals surface area contributed by atoms with E-state index >= 15 is 0 Å². The van der Waals surface area contributed by atoms with Crippen molar-refractivity contribution in [3.8, 4) is 5.69 Å². The molecule has 162 valence electrons. The molecule has 1 aromatic heterocycles. The van der Waals surface area contributed by atoms with Gasteiger partial charge in [-0.25, -0.2) is 13.1 Å². The van der Waals surface area contributed by atoms with Crippen LogP contribution in [0.25, 0.3) is 5.69 Å². The minimum absolute atomic E-state index is 0.156. The number of hydrogen-bond donors (Lipinski definition) is 1. The monoisotopic (exact) mass is 440 g/mol. The fourth-order valence-electron chi connectivity index (χ4n) is 3.58. The minimum Gasteiger partial charge on any atom is -0.373 e. The molecule has 2 heterocycles. The Kier molecular flexibility index (Phi) is 5.90. The fourth-order valence-corrected chi connectivity index (χ4v) is 5.17. The van der Waals surface area contributed by atoms with Crippen LogP contribution in [0.1, 0.15) is 24.2 Å². The number of amides is 1. The average molecular weight is 441 g/mol. The number of benzene rings is 2. The van der Waals surface area contributed by atoms with Crippen molar-refractivity contribution >= 4 is 21.6 Å². The highest BCUT2D eigenvalue weighted by Crippen LogP contribution is 2.23. The van der Waals surface area contributed by atoms with Gasteiger partial charge in [-0.05, 0) is 68.4 Å². The van der Waals surface area contributed by atoms with E-state index in [-0.39, 0.29) is 23.0 Å². The van der Waals surface area contributed by atoms with Crippen LogP contribution in [0.5, 0.6) is 0 Å². The van der Waals surface area contributed by atoms with E-state index in [4.69, 9.17) is 4.74 Å². The van der Waals surface area contributed by atoms with Crippen LogP contribution in [-0.4, -0.2) is 53.7 Å². The van der Waals surface area contributed by atoms with Gasteiger partial charge in [0.2, 0.25) is 10.0 Å². The molecule has 0 radical (unpaired) electrons. The molecule has 1 N–H and O–H groups in total. The van der Waals surface area contributed by atoms with Crippen molar-refractivity contribution in [3.63, 3.8) is 0 Å². The van der Waals surface area contributed by atoms with Crippen LogP contribution in [0.15, 0.2) is 71.9 Å². The Morgan fingerprint density at radius 1 is 1.03 bits per heavy atom. The summed E-state index contributed by atoms with van der Waals surface area (Å²) in [6.07, 6.45) is 3.20. The minimum atomic E-state index is -3.62. The predicted molar refractivity (Wildman–Crippen MR) is 117 cm³/mol. The summed E-state index contributed by atoms with van der Waals surface area (Å²) >= 11 is 0. The van der Waals surface area contributed by atoms with Crippen molar-refractivity contribution in [1.29, 1.82) is 0 Å². The van der Waals surface area contributed by atoms with E-state index in [1.807, 2.05) is 38.2 Å². The van der Waals surface area contributed by atoms with Gasteiger partial charge in [0.25, 0.3) is 5.91 Å². The Morgan fingerprint density at radius 2 is 1.68 bits per heavy atom. The van der Waals surface area contributed by atoms with Gasteiger partial charge in [-0.1, -0.05) is 0 Å². The Hall–Kier alpha value is -3.01. The molecular formula is C22H24N4O4S. The third-order valence-corrected chi connectivity index (χ3v) is 6.88. The molecule has 2 aromatic carbocycles. The topological polar surface area (TPSA) is 93.5 Å². The number of hydrogen-bond acceptors (Lipinski definition) is 5. The molecule has 2 atom stereocenters. The number of aromatic nitrogens is 2. The molecule has 3 aromatic rings. The quantitative estimate of drug-likeness (QED) is 0.658. The van der Waals surface area contributed by atoms with Crippen molar-refractivity contribution in [2.24, 2.45) is 0 Å². The van der Waals surface area contributed by atoms with E-state index in [0.29, 0.717) is 24.3 Å². The van der Waals surface area contributed by atoms with Crippen LogP contribution in [0.2, 0.25) is 0 Å². The zero-order chi connectivity index (χ0) is 22.0. The number of ether oxygens (including phenoxy) is 1. The zero-order valence-corrected chi connectivity index (χ0v) is 18.1. The first kappa shape index (κ1) is 21.2. The van der Waals surface area contributed by atoms with Crippen molar-refractivity contribution in [2.75, 3.05) is 18.4 Å². The number of sulfonamides is 1. The lowest BCUT2D eigenvalue weighted by molar-refractivity contribution is -0.0440. The van der Waals surface area contributed by atoms with E-state index in [1.165, 1.54) is 16.4 Å². The zero-order valence-electron chi connectivity index (χ0n) is 17.3. The second-order valence-electron chi connectivity index (χ2n) is 7.56. The van der Waals surface area contributed by atoms with Crippen LogP contribution in [0.4, 0.5) is 5.69 Å². The van der Waals surface area contributed by atoms with Gasteiger partial charge < -0.3 is 10.1 Å². The van der Waals surface area contributed by atoms with E-state index in [2.05, 4.69) is 10.4 Å². The van der Waals surface area contributed by atoms with E-state index in [1.54, 1.807) is 35.1 Å². The first-order valence-electron chi connectivity index (χ1n) is 10.00. The van der Waals surface area contributed by atoms with E-state index in [0.717, 1.165) is 5.69 Å². The lowest BCUT2D eigenvalue weighted by atomic mass is 10.2. The molecule has 9 heteroatoms. The van der Waals surface area contributed by atoms with Gasteiger partial charge in [-0.2, -0.15) is 9.40 Å². The normalized spacial score (nSPS) is 19.8. The summed E-state index contributed by atoms with van der Waals surface area (Å²) in [4.78, 5) is 12.7. The first-order valence-corrected chi connectivity index (χ1v) is 11.4. The molecule has 0 spiro atoms. The number of carbonyl (C=O) groups excluding carboxylic acids is 1. The number of nitrogens with one attached hydrogen (secondary N) is 1. The molecule has 1 aliphatic rings. The number of anilines is 1. The van der Waals surface area contributed by atoms with Gasteiger partial charge >= 0.3 is 0 Å². The van der Waals surface area contributed by atoms with Gasteiger partial charge in [-0.3, -0.25) is 4.79 Å². The van der Waals surface area contributed by atoms with Crippen LogP contribution in [-0.2, 0) is 14.8 Å². The first-order chi connectivity index (χ1) is 14.8. The standard InChI is InChI=1S/C22H24N4O4S/c1-16-14-25(15-17(2)30-16)31(28,29)21-10-6-19(7-11-21)24-22(27)18-4-8-20(9-5-18)26-13-3-12-23-26/h3-13,16-17H,14-15H2,1-2H3,(H,24,27). The third-order valence-electron chi connectivity index (χ3n) is 5.03. The maximum absolute atomic E-state index is 12.9. The van der Waals surface area contributed by atoms with Crippen molar-refractivity contribution in [2.45, 2.75) is 31.0 Å². The summed E-state index contributed by atoms with van der Waals surface area (Å²) in [6, 6.07) is 15.1. The Bertz CT molecular complexity index is 1130. The summed E-state index contributed by atoms with van der Waals surface area (Å²) in [7, 11) is -3.62. The van der Waals surface area contributed by atoms with Crippen LogP contribution >= 0.6 is 0 Å². The highest BCUT2D eigenvalue weighted by Gasteiger charge is 2.32. The van der Waals surface area contributed by atoms with Crippen LogP contribution in [0.3, 0.4) is 0 Å². The van der Waals surface area contributed by atoms with Crippen LogP contribution < -0.4 is 5.32 Å².